The molecule has 3 aliphatic rings. The van der Waals surface area contributed by atoms with Gasteiger partial charge in [-0.3, -0.25) is 15.0 Å². The lowest BCUT2D eigenvalue weighted by Gasteiger charge is -2.20. The number of anilines is 1. The predicted molar refractivity (Wildman–Crippen MR) is 84.7 cm³/mol. The molecule has 1 N–H and O–H groups in total. The van der Waals surface area contributed by atoms with Crippen molar-refractivity contribution in [2.45, 2.75) is 6.42 Å². The van der Waals surface area contributed by atoms with Gasteiger partial charge in [0.1, 0.15) is 0 Å². The third-order valence-electron chi connectivity index (χ3n) is 4.70. The highest BCUT2D eigenvalue weighted by molar-refractivity contribution is 6.41. The van der Waals surface area contributed by atoms with Crippen molar-refractivity contribution < 1.29 is 9.59 Å². The predicted octanol–water partition coefficient (Wildman–Crippen LogP) is 3.78. The van der Waals surface area contributed by atoms with Gasteiger partial charge >= 0.3 is 0 Å². The molecule has 2 bridgehead atoms. The fourth-order valence-corrected chi connectivity index (χ4v) is 4.67. The number of benzene rings is 1. The lowest BCUT2D eigenvalue weighted by molar-refractivity contribution is -0.139. The summed E-state index contributed by atoms with van der Waals surface area (Å²) < 4.78 is 0. The Balaban J connectivity index is 1.66. The molecule has 0 spiro atoms. The highest BCUT2D eigenvalue weighted by Crippen LogP contribution is 2.52. The summed E-state index contributed by atoms with van der Waals surface area (Å²) in [7, 11) is 0. The Hall–Kier alpha value is -1.23. The number of carbonyl (C=O) groups is 2. The second kappa shape index (κ2) is 4.88. The molecule has 4 nitrogen and oxygen atoms in total. The van der Waals surface area contributed by atoms with Gasteiger partial charge in [-0.05, 0) is 30.4 Å². The second-order valence-electron chi connectivity index (χ2n) is 5.87. The zero-order chi connectivity index (χ0) is 15.6. The number of nitrogens with zero attached hydrogens (tertiary/aromatic N) is 1. The van der Waals surface area contributed by atoms with E-state index in [9.17, 15) is 9.59 Å². The van der Waals surface area contributed by atoms with Crippen LogP contribution in [0.2, 0.25) is 15.1 Å². The first-order chi connectivity index (χ1) is 10.5. The van der Waals surface area contributed by atoms with E-state index in [1.807, 2.05) is 12.2 Å². The third kappa shape index (κ3) is 1.91. The normalized spacial score (nSPS) is 32.0. The Morgan fingerprint density at radius 2 is 1.45 bits per heavy atom. The number of fused-ring (bicyclic) bond motifs is 5. The van der Waals surface area contributed by atoms with E-state index in [4.69, 9.17) is 34.8 Å². The highest BCUT2D eigenvalue weighted by Gasteiger charge is 2.59. The summed E-state index contributed by atoms with van der Waals surface area (Å²) in [5.41, 5.74) is 3.10. The van der Waals surface area contributed by atoms with Gasteiger partial charge in [0.15, 0.2) is 0 Å². The molecule has 1 aliphatic heterocycles. The first-order valence-electron chi connectivity index (χ1n) is 6.94. The van der Waals surface area contributed by atoms with Gasteiger partial charge in [-0.1, -0.05) is 47.0 Å². The number of rotatable bonds is 2. The molecular weight excluding hydrogens is 347 g/mol. The van der Waals surface area contributed by atoms with Crippen LogP contribution in [0.3, 0.4) is 0 Å². The average molecular weight is 358 g/mol. The van der Waals surface area contributed by atoms with Crippen LogP contribution in [0.5, 0.6) is 0 Å². The van der Waals surface area contributed by atoms with Gasteiger partial charge < -0.3 is 0 Å². The fourth-order valence-electron chi connectivity index (χ4n) is 3.77. The standard InChI is InChI=1S/C15H11Cl3N2O2/c16-8-4-9(17)13(10(18)5-8)19-20-14(21)11-6-1-2-7(3-6)12(11)15(20)22/h1-2,4-7,11-12,19H,3H2/t6-,7+,11+,12-. The smallest absolute Gasteiger partial charge is 0.252 e. The molecule has 1 saturated carbocycles. The van der Waals surface area contributed by atoms with Crippen molar-refractivity contribution in [2.24, 2.45) is 23.7 Å². The maximum atomic E-state index is 12.6. The van der Waals surface area contributed by atoms with Gasteiger partial charge in [0.2, 0.25) is 0 Å². The van der Waals surface area contributed by atoms with Crippen LogP contribution in [-0.4, -0.2) is 16.8 Å². The SMILES string of the molecule is O=C1[C@@H]2[C@H](C(=O)N1Nc1c(Cl)cc(Cl)cc1Cl)[C@H]1C=C[C@@H]2C1. The number of imide groups is 1. The van der Waals surface area contributed by atoms with Crippen molar-refractivity contribution in [2.75, 3.05) is 5.43 Å². The quantitative estimate of drug-likeness (QED) is 0.647. The highest BCUT2D eigenvalue weighted by atomic mass is 35.5. The monoisotopic (exact) mass is 356 g/mol. The van der Waals surface area contributed by atoms with Crippen LogP contribution in [0.25, 0.3) is 0 Å². The summed E-state index contributed by atoms with van der Waals surface area (Å²) in [5, 5.41) is 1.97. The number of amides is 2. The van der Waals surface area contributed by atoms with Gasteiger partial charge in [0, 0.05) is 5.02 Å². The van der Waals surface area contributed by atoms with E-state index in [0.29, 0.717) is 10.7 Å². The topological polar surface area (TPSA) is 49.4 Å². The minimum Gasteiger partial charge on any atom is -0.286 e. The Morgan fingerprint density at radius 1 is 0.955 bits per heavy atom. The van der Waals surface area contributed by atoms with Crippen molar-refractivity contribution in [3.8, 4) is 0 Å². The molecule has 1 aromatic rings. The second-order valence-corrected chi connectivity index (χ2v) is 7.12. The van der Waals surface area contributed by atoms with E-state index in [0.717, 1.165) is 11.4 Å². The van der Waals surface area contributed by atoms with E-state index in [-0.39, 0.29) is 45.5 Å². The van der Waals surface area contributed by atoms with Crippen LogP contribution in [0.1, 0.15) is 6.42 Å². The van der Waals surface area contributed by atoms with Crippen molar-refractivity contribution >= 4 is 52.3 Å². The van der Waals surface area contributed by atoms with Crippen LogP contribution in [-0.2, 0) is 9.59 Å². The van der Waals surface area contributed by atoms with Crippen LogP contribution < -0.4 is 5.43 Å². The van der Waals surface area contributed by atoms with Crippen molar-refractivity contribution in [1.29, 1.82) is 0 Å². The first-order valence-corrected chi connectivity index (χ1v) is 8.08. The molecule has 114 valence electrons. The molecule has 1 saturated heterocycles. The maximum absolute atomic E-state index is 12.6. The largest absolute Gasteiger partial charge is 0.286 e. The summed E-state index contributed by atoms with van der Waals surface area (Å²) in [4.78, 5) is 25.2. The molecule has 0 aromatic heterocycles. The Kier molecular flexibility index (Phi) is 3.19. The molecule has 4 atom stereocenters. The number of halogens is 3. The van der Waals surface area contributed by atoms with Crippen molar-refractivity contribution in [3.63, 3.8) is 0 Å². The van der Waals surface area contributed by atoms with E-state index < -0.39 is 0 Å². The van der Waals surface area contributed by atoms with Gasteiger partial charge in [0.05, 0.1) is 27.6 Å². The lowest BCUT2D eigenvalue weighted by Crippen LogP contribution is -2.38. The number of carbonyl (C=O) groups excluding carboxylic acids is 2. The molecule has 7 heteroatoms. The summed E-state index contributed by atoms with van der Waals surface area (Å²) in [6, 6.07) is 3.02. The fraction of sp³-hybridized carbons (Fsp3) is 0.333. The maximum Gasteiger partial charge on any atom is 0.252 e. The lowest BCUT2D eigenvalue weighted by atomic mass is 9.85. The summed E-state index contributed by atoms with van der Waals surface area (Å²) in [5.74, 6) is -0.633. The third-order valence-corrected chi connectivity index (χ3v) is 5.52. The van der Waals surface area contributed by atoms with Gasteiger partial charge in [-0.15, -0.1) is 0 Å². The molecular formula is C15H11Cl3N2O2. The molecule has 1 aromatic carbocycles. The minimum absolute atomic E-state index is 0.161. The van der Waals surface area contributed by atoms with Crippen molar-refractivity contribution in [1.82, 2.24) is 5.01 Å². The first kappa shape index (κ1) is 14.4. The zero-order valence-corrected chi connectivity index (χ0v) is 13.5. The molecule has 4 rings (SSSR count). The molecule has 2 fully saturated rings. The number of hydrogen-bond acceptors (Lipinski definition) is 3. The minimum atomic E-state index is -0.264. The average Bonchev–Trinajstić information content (AvgIpc) is 3.10. The van der Waals surface area contributed by atoms with E-state index in [1.165, 1.54) is 12.1 Å². The van der Waals surface area contributed by atoms with Crippen molar-refractivity contribution in [3.05, 3.63) is 39.4 Å². The van der Waals surface area contributed by atoms with Gasteiger partial charge in [-0.2, -0.15) is 5.01 Å². The van der Waals surface area contributed by atoms with E-state index in [2.05, 4.69) is 5.43 Å². The number of hydrazine groups is 1. The van der Waals surface area contributed by atoms with E-state index in [1.54, 1.807) is 0 Å². The molecule has 1 heterocycles. The van der Waals surface area contributed by atoms with Gasteiger partial charge in [0.25, 0.3) is 11.8 Å². The Bertz CT molecular complexity index is 680. The number of hydrogen-bond donors (Lipinski definition) is 1. The van der Waals surface area contributed by atoms with Crippen LogP contribution >= 0.6 is 34.8 Å². The Morgan fingerprint density at radius 3 is 1.95 bits per heavy atom. The summed E-state index contributed by atoms with van der Waals surface area (Å²) in [6.45, 7) is 0. The van der Waals surface area contributed by atoms with Gasteiger partial charge in [-0.25, -0.2) is 0 Å². The summed E-state index contributed by atoms with van der Waals surface area (Å²) in [6.07, 6.45) is 4.98. The zero-order valence-electron chi connectivity index (χ0n) is 11.2. The molecule has 0 radical (unpaired) electrons. The van der Waals surface area contributed by atoms with Crippen LogP contribution in [0.15, 0.2) is 24.3 Å². The number of allylic oxidation sites excluding steroid dienone is 2. The molecule has 2 aliphatic carbocycles. The van der Waals surface area contributed by atoms with E-state index >= 15 is 0 Å². The summed E-state index contributed by atoms with van der Waals surface area (Å²) >= 11 is 18.1. The van der Waals surface area contributed by atoms with Crippen LogP contribution in [0, 0.1) is 23.7 Å². The molecule has 0 unspecified atom stereocenters. The molecule has 22 heavy (non-hydrogen) atoms. The number of nitrogens with one attached hydrogen (secondary N) is 1. The Labute approximate surface area is 142 Å². The molecule has 2 amide bonds. The van der Waals surface area contributed by atoms with Crippen LogP contribution in [0.4, 0.5) is 5.69 Å².